The summed E-state index contributed by atoms with van der Waals surface area (Å²) in [6, 6.07) is 28.7. The number of nitrogens with zero attached hydrogens (tertiary/aromatic N) is 2. The van der Waals surface area contributed by atoms with Crippen molar-refractivity contribution in [2.75, 3.05) is 21.7 Å². The molecule has 0 aliphatic heterocycles. The van der Waals surface area contributed by atoms with Gasteiger partial charge in [0.1, 0.15) is 0 Å². The fraction of sp³-hybridized carbons (Fsp3) is 0.294. The molecular formula is C34H40N2O4S2. The lowest BCUT2D eigenvalue weighted by Gasteiger charge is -2.27. The topological polar surface area (TPSA) is 74.8 Å². The average molecular weight is 605 g/mol. The third kappa shape index (κ3) is 6.71. The number of anilines is 2. The summed E-state index contributed by atoms with van der Waals surface area (Å²) < 4.78 is 57.5. The summed E-state index contributed by atoms with van der Waals surface area (Å²) in [5, 5.41) is 0. The van der Waals surface area contributed by atoms with Gasteiger partial charge in [-0.25, -0.2) is 16.8 Å². The molecule has 4 aromatic rings. The van der Waals surface area contributed by atoms with Crippen LogP contribution in [0.2, 0.25) is 0 Å². The second-order valence-corrected chi connectivity index (χ2v) is 14.2. The third-order valence-corrected chi connectivity index (χ3v) is 11.0. The van der Waals surface area contributed by atoms with Crippen molar-refractivity contribution in [3.63, 3.8) is 0 Å². The molecule has 0 fully saturated rings. The van der Waals surface area contributed by atoms with Gasteiger partial charge >= 0.3 is 0 Å². The van der Waals surface area contributed by atoms with Crippen LogP contribution in [0.25, 0.3) is 11.1 Å². The van der Waals surface area contributed by atoms with Crippen molar-refractivity contribution in [1.82, 2.24) is 0 Å². The first-order valence-corrected chi connectivity index (χ1v) is 17.4. The van der Waals surface area contributed by atoms with Gasteiger partial charge in [0.05, 0.1) is 21.2 Å². The molecule has 0 saturated heterocycles. The summed E-state index contributed by atoms with van der Waals surface area (Å²) in [6.07, 6.45) is 3.24. The highest BCUT2D eigenvalue weighted by Crippen LogP contribution is 2.34. The fourth-order valence-corrected chi connectivity index (χ4v) is 8.19. The van der Waals surface area contributed by atoms with Gasteiger partial charge in [-0.1, -0.05) is 75.2 Å². The number of hydrogen-bond donors (Lipinski definition) is 0. The van der Waals surface area contributed by atoms with E-state index in [1.807, 2.05) is 76.2 Å². The smallest absolute Gasteiger partial charge is 0.264 e. The number of rotatable bonds is 13. The minimum atomic E-state index is -3.72. The molecule has 222 valence electrons. The quantitative estimate of drug-likeness (QED) is 0.155. The SMILES string of the molecule is CCCCN(c1ccc(-c2ccc(N(CCCC)S(=O)(=O)c3ccccc3)c(C)c2)cc1C)S(=O)(=O)c1ccccc1. The number of hydrogen-bond acceptors (Lipinski definition) is 4. The number of sulfonamides is 2. The zero-order valence-corrected chi connectivity index (χ0v) is 26.5. The molecule has 0 aliphatic rings. The van der Waals surface area contributed by atoms with Crippen LogP contribution in [0.4, 0.5) is 11.4 Å². The molecule has 42 heavy (non-hydrogen) atoms. The van der Waals surface area contributed by atoms with Crippen molar-refractivity contribution in [3.8, 4) is 11.1 Å². The first-order valence-electron chi connectivity index (χ1n) is 14.5. The first kappa shape index (κ1) is 31.3. The lowest BCUT2D eigenvalue weighted by Crippen LogP contribution is -2.32. The van der Waals surface area contributed by atoms with E-state index in [0.717, 1.165) is 47.9 Å². The van der Waals surface area contributed by atoms with Crippen LogP contribution in [-0.2, 0) is 20.0 Å². The van der Waals surface area contributed by atoms with Gasteiger partial charge in [-0.3, -0.25) is 8.61 Å². The Morgan fingerprint density at radius 3 is 1.19 bits per heavy atom. The Hall–Kier alpha value is -3.62. The maximum atomic E-state index is 13.6. The minimum absolute atomic E-state index is 0.272. The Labute approximate surface area is 251 Å². The molecule has 6 nitrogen and oxygen atoms in total. The lowest BCUT2D eigenvalue weighted by molar-refractivity contribution is 0.587. The fourth-order valence-electron chi connectivity index (χ4n) is 5.01. The van der Waals surface area contributed by atoms with Crippen LogP contribution in [0.15, 0.2) is 107 Å². The minimum Gasteiger partial charge on any atom is -0.266 e. The van der Waals surface area contributed by atoms with E-state index < -0.39 is 20.0 Å². The molecule has 0 atom stereocenters. The number of unbranched alkanes of at least 4 members (excludes halogenated alkanes) is 2. The zero-order valence-electron chi connectivity index (χ0n) is 24.8. The highest BCUT2D eigenvalue weighted by atomic mass is 32.2. The monoisotopic (exact) mass is 604 g/mol. The first-order chi connectivity index (χ1) is 20.1. The molecule has 4 aromatic carbocycles. The Balaban J connectivity index is 1.70. The van der Waals surface area contributed by atoms with Crippen molar-refractivity contribution >= 4 is 31.4 Å². The molecule has 0 amide bonds. The van der Waals surface area contributed by atoms with Gasteiger partial charge in [0.2, 0.25) is 0 Å². The molecule has 4 rings (SSSR count). The van der Waals surface area contributed by atoms with Gasteiger partial charge < -0.3 is 0 Å². The molecular weight excluding hydrogens is 565 g/mol. The van der Waals surface area contributed by atoms with Crippen LogP contribution in [0.5, 0.6) is 0 Å². The van der Waals surface area contributed by atoms with Crippen molar-refractivity contribution < 1.29 is 16.8 Å². The Morgan fingerprint density at radius 1 is 0.524 bits per heavy atom. The Bertz CT molecular complexity index is 1580. The van der Waals surface area contributed by atoms with Crippen molar-refractivity contribution in [3.05, 3.63) is 108 Å². The van der Waals surface area contributed by atoms with Gasteiger partial charge in [0, 0.05) is 13.1 Å². The standard InChI is InChI=1S/C34H40N2O4S2/c1-5-7-23-35(41(37,38)31-15-11-9-12-16-31)33-21-19-29(25-27(33)3)30-20-22-34(28(4)26-30)36(24-8-6-2)42(39,40)32-17-13-10-14-18-32/h9-22,25-26H,5-8,23-24H2,1-4H3. The molecule has 0 bridgehead atoms. The van der Waals surface area contributed by atoms with Gasteiger partial charge in [-0.2, -0.15) is 0 Å². The molecule has 0 N–H and O–H groups in total. The molecule has 0 heterocycles. The summed E-state index contributed by atoms with van der Waals surface area (Å²) in [4.78, 5) is 0.544. The van der Waals surface area contributed by atoms with Crippen LogP contribution >= 0.6 is 0 Å². The van der Waals surface area contributed by atoms with Crippen molar-refractivity contribution in [2.24, 2.45) is 0 Å². The molecule has 0 unspecified atom stereocenters. The number of aryl methyl sites for hydroxylation is 2. The van der Waals surface area contributed by atoms with Crippen molar-refractivity contribution in [1.29, 1.82) is 0 Å². The highest BCUT2D eigenvalue weighted by molar-refractivity contribution is 7.93. The van der Waals surface area contributed by atoms with Gasteiger partial charge in [-0.15, -0.1) is 0 Å². The Kier molecular flexibility index (Phi) is 10.1. The van der Waals surface area contributed by atoms with E-state index in [0.29, 0.717) is 24.5 Å². The van der Waals surface area contributed by atoms with Gasteiger partial charge in [0.25, 0.3) is 20.0 Å². The van der Waals surface area contributed by atoms with Gasteiger partial charge in [0.15, 0.2) is 0 Å². The molecule has 8 heteroatoms. The average Bonchev–Trinajstić information content (AvgIpc) is 2.99. The van der Waals surface area contributed by atoms with E-state index in [2.05, 4.69) is 0 Å². The summed E-state index contributed by atoms with van der Waals surface area (Å²) >= 11 is 0. The lowest BCUT2D eigenvalue weighted by atomic mass is 10.00. The van der Waals surface area contributed by atoms with Crippen LogP contribution in [0.3, 0.4) is 0 Å². The van der Waals surface area contributed by atoms with E-state index in [-0.39, 0.29) is 9.79 Å². The number of benzene rings is 4. The largest absolute Gasteiger partial charge is 0.266 e. The van der Waals surface area contributed by atoms with E-state index >= 15 is 0 Å². The third-order valence-electron chi connectivity index (χ3n) is 7.36. The normalized spacial score (nSPS) is 11.8. The maximum Gasteiger partial charge on any atom is 0.264 e. The second-order valence-electron chi connectivity index (χ2n) is 10.5. The molecule has 0 spiro atoms. The Morgan fingerprint density at radius 2 is 0.881 bits per heavy atom. The van der Waals surface area contributed by atoms with Crippen LogP contribution in [-0.4, -0.2) is 29.9 Å². The van der Waals surface area contributed by atoms with E-state index in [4.69, 9.17) is 0 Å². The van der Waals surface area contributed by atoms with Crippen LogP contribution < -0.4 is 8.61 Å². The predicted octanol–water partition coefficient (Wildman–Crippen LogP) is 7.96. The zero-order chi connectivity index (χ0) is 30.3. The van der Waals surface area contributed by atoms with E-state index in [1.165, 1.54) is 8.61 Å². The molecule has 0 aliphatic carbocycles. The van der Waals surface area contributed by atoms with Gasteiger partial charge in [-0.05, 0) is 97.5 Å². The maximum absolute atomic E-state index is 13.6. The van der Waals surface area contributed by atoms with Crippen LogP contribution in [0.1, 0.15) is 50.7 Å². The summed E-state index contributed by atoms with van der Waals surface area (Å²) in [6.45, 7) is 8.74. The summed E-state index contributed by atoms with van der Waals surface area (Å²) in [5.41, 5.74) is 4.88. The van der Waals surface area contributed by atoms with E-state index in [9.17, 15) is 16.8 Å². The second kappa shape index (κ2) is 13.6. The van der Waals surface area contributed by atoms with Crippen LogP contribution in [0, 0.1) is 13.8 Å². The predicted molar refractivity (Wildman–Crippen MR) is 173 cm³/mol. The highest BCUT2D eigenvalue weighted by Gasteiger charge is 2.27. The molecule has 0 aromatic heterocycles. The summed E-state index contributed by atoms with van der Waals surface area (Å²) in [7, 11) is -7.44. The molecule has 0 radical (unpaired) electrons. The van der Waals surface area contributed by atoms with Crippen molar-refractivity contribution in [2.45, 2.75) is 63.2 Å². The van der Waals surface area contributed by atoms with E-state index in [1.54, 1.807) is 48.5 Å². The molecule has 0 saturated carbocycles. The summed E-state index contributed by atoms with van der Waals surface area (Å²) in [5.74, 6) is 0.